The first-order valence-electron chi connectivity index (χ1n) is 7.97. The number of hydrogen-bond acceptors (Lipinski definition) is 3. The standard InChI is InChI=1S/C17H22N2OS/c1-11-2-3-15-13(8-11)9-16(21-15)17(20)18-14-10-19-6-4-12(14)5-7-19/h2-3,8-9,12-15H,4-7,10H2,1H3,(H,18,20)/t13?,14-,15?/m0/s1. The summed E-state index contributed by atoms with van der Waals surface area (Å²) < 4.78 is 0. The van der Waals surface area contributed by atoms with E-state index in [-0.39, 0.29) is 5.91 Å². The number of rotatable bonds is 2. The first-order chi connectivity index (χ1) is 10.2. The van der Waals surface area contributed by atoms with Gasteiger partial charge in [0.1, 0.15) is 0 Å². The molecule has 3 fully saturated rings. The predicted molar refractivity (Wildman–Crippen MR) is 86.9 cm³/mol. The van der Waals surface area contributed by atoms with Crippen LogP contribution in [0.25, 0.3) is 0 Å². The van der Waals surface area contributed by atoms with Crippen LogP contribution in [0.15, 0.2) is 34.8 Å². The fraction of sp³-hybridized carbons (Fsp3) is 0.588. The minimum atomic E-state index is 0.146. The third kappa shape index (κ3) is 2.59. The Kier molecular flexibility index (Phi) is 3.46. The van der Waals surface area contributed by atoms with E-state index in [0.29, 0.717) is 23.1 Å². The second kappa shape index (κ2) is 5.33. The fourth-order valence-corrected chi connectivity index (χ4v) is 5.11. The summed E-state index contributed by atoms with van der Waals surface area (Å²) in [5.74, 6) is 1.23. The molecule has 3 nitrogen and oxygen atoms in total. The monoisotopic (exact) mass is 302 g/mol. The van der Waals surface area contributed by atoms with Gasteiger partial charge in [0.05, 0.1) is 4.91 Å². The van der Waals surface area contributed by atoms with E-state index in [9.17, 15) is 4.79 Å². The van der Waals surface area contributed by atoms with Crippen molar-refractivity contribution < 1.29 is 4.79 Å². The Labute approximate surface area is 130 Å². The smallest absolute Gasteiger partial charge is 0.257 e. The lowest BCUT2D eigenvalue weighted by atomic mass is 9.84. The Hall–Kier alpha value is -1.00. The normalized spacial score (nSPS) is 40.5. The number of piperidine rings is 3. The molecule has 1 aliphatic carbocycles. The molecule has 2 unspecified atom stereocenters. The van der Waals surface area contributed by atoms with E-state index in [0.717, 1.165) is 11.4 Å². The van der Waals surface area contributed by atoms with E-state index in [1.807, 2.05) is 0 Å². The SMILES string of the molecule is CC1=CC2C=C(C(=O)N[C@H]3CN4CCC3CC4)SC2C=C1. The van der Waals surface area contributed by atoms with E-state index in [2.05, 4.69) is 41.4 Å². The molecular formula is C17H22N2OS. The van der Waals surface area contributed by atoms with Gasteiger partial charge in [-0.3, -0.25) is 4.79 Å². The fourth-order valence-electron chi connectivity index (χ4n) is 3.95. The maximum atomic E-state index is 12.6. The maximum absolute atomic E-state index is 12.6. The first-order valence-corrected chi connectivity index (χ1v) is 8.85. The molecular weight excluding hydrogens is 280 g/mol. The Morgan fingerprint density at radius 1 is 1.33 bits per heavy atom. The molecule has 0 saturated carbocycles. The Balaban J connectivity index is 1.42. The van der Waals surface area contributed by atoms with Crippen LogP contribution in [-0.4, -0.2) is 41.7 Å². The van der Waals surface area contributed by atoms with Crippen molar-refractivity contribution in [2.24, 2.45) is 11.8 Å². The van der Waals surface area contributed by atoms with Gasteiger partial charge >= 0.3 is 0 Å². The number of thioether (sulfide) groups is 1. The highest BCUT2D eigenvalue weighted by molar-refractivity contribution is 8.05. The lowest BCUT2D eigenvalue weighted by Crippen LogP contribution is -2.57. The molecule has 0 aromatic heterocycles. The summed E-state index contributed by atoms with van der Waals surface area (Å²) in [6.07, 6.45) is 11.3. The summed E-state index contributed by atoms with van der Waals surface area (Å²) in [5.41, 5.74) is 1.30. The van der Waals surface area contributed by atoms with Crippen molar-refractivity contribution in [3.63, 3.8) is 0 Å². The summed E-state index contributed by atoms with van der Waals surface area (Å²) in [6, 6.07) is 0.358. The first kappa shape index (κ1) is 13.6. The highest BCUT2D eigenvalue weighted by Crippen LogP contribution is 2.41. The van der Waals surface area contributed by atoms with Crippen molar-refractivity contribution >= 4 is 17.7 Å². The zero-order chi connectivity index (χ0) is 14.4. The molecule has 5 aliphatic rings. The van der Waals surface area contributed by atoms with Crippen LogP contribution < -0.4 is 5.32 Å². The van der Waals surface area contributed by atoms with Gasteiger partial charge in [-0.1, -0.05) is 29.9 Å². The van der Waals surface area contributed by atoms with Gasteiger partial charge in [-0.2, -0.15) is 0 Å². The molecule has 0 aromatic rings. The van der Waals surface area contributed by atoms with Crippen molar-refractivity contribution in [1.29, 1.82) is 0 Å². The van der Waals surface area contributed by atoms with E-state index in [1.165, 1.54) is 31.5 Å². The minimum Gasteiger partial charge on any atom is -0.347 e. The number of carbonyl (C=O) groups is 1. The number of allylic oxidation sites excluding steroid dienone is 4. The molecule has 1 N–H and O–H groups in total. The van der Waals surface area contributed by atoms with Gasteiger partial charge in [0, 0.05) is 23.8 Å². The average Bonchev–Trinajstić information content (AvgIpc) is 2.91. The second-order valence-electron chi connectivity index (χ2n) is 6.68. The zero-order valence-corrected chi connectivity index (χ0v) is 13.2. The van der Waals surface area contributed by atoms with Crippen LogP contribution in [0.4, 0.5) is 0 Å². The van der Waals surface area contributed by atoms with Gasteiger partial charge in [-0.05, 0) is 38.8 Å². The highest BCUT2D eigenvalue weighted by Gasteiger charge is 2.36. The molecule has 112 valence electrons. The van der Waals surface area contributed by atoms with Gasteiger partial charge in [0.2, 0.25) is 0 Å². The number of carbonyl (C=O) groups excluding carboxylic acids is 1. The lowest BCUT2D eigenvalue weighted by Gasteiger charge is -2.44. The van der Waals surface area contributed by atoms with Crippen LogP contribution >= 0.6 is 11.8 Å². The maximum Gasteiger partial charge on any atom is 0.257 e. The van der Waals surface area contributed by atoms with Crippen LogP contribution in [0.1, 0.15) is 19.8 Å². The predicted octanol–water partition coefficient (Wildman–Crippen LogP) is 2.33. The quantitative estimate of drug-likeness (QED) is 0.850. The van der Waals surface area contributed by atoms with E-state index >= 15 is 0 Å². The number of nitrogens with one attached hydrogen (secondary N) is 1. The molecule has 1 amide bonds. The largest absolute Gasteiger partial charge is 0.347 e. The zero-order valence-electron chi connectivity index (χ0n) is 12.4. The lowest BCUT2D eigenvalue weighted by molar-refractivity contribution is -0.118. The van der Waals surface area contributed by atoms with Gasteiger partial charge in [0.25, 0.3) is 5.91 Å². The molecule has 3 saturated heterocycles. The van der Waals surface area contributed by atoms with Gasteiger partial charge in [-0.15, -0.1) is 11.8 Å². The van der Waals surface area contributed by atoms with Crippen molar-refractivity contribution in [3.05, 3.63) is 34.8 Å². The molecule has 4 heterocycles. The van der Waals surface area contributed by atoms with Crippen molar-refractivity contribution in [3.8, 4) is 0 Å². The molecule has 5 rings (SSSR count). The summed E-state index contributed by atoms with van der Waals surface area (Å²) in [6.45, 7) is 5.59. The molecule has 0 radical (unpaired) electrons. The highest BCUT2D eigenvalue weighted by atomic mass is 32.2. The molecule has 0 aromatic carbocycles. The number of fused-ring (bicyclic) bond motifs is 4. The summed E-state index contributed by atoms with van der Waals surface area (Å²) >= 11 is 1.72. The third-order valence-electron chi connectivity index (χ3n) is 5.19. The molecule has 4 heteroatoms. The number of hydrogen-bond donors (Lipinski definition) is 1. The van der Waals surface area contributed by atoms with Crippen molar-refractivity contribution in [2.75, 3.05) is 19.6 Å². The Bertz CT molecular complexity index is 543. The summed E-state index contributed by atoms with van der Waals surface area (Å²) in [7, 11) is 0. The minimum absolute atomic E-state index is 0.146. The third-order valence-corrected chi connectivity index (χ3v) is 6.51. The summed E-state index contributed by atoms with van der Waals surface area (Å²) in [5, 5.41) is 3.72. The summed E-state index contributed by atoms with van der Waals surface area (Å²) in [4.78, 5) is 15.9. The van der Waals surface area contributed by atoms with Crippen molar-refractivity contribution in [2.45, 2.75) is 31.1 Å². The Morgan fingerprint density at radius 2 is 2.14 bits per heavy atom. The van der Waals surface area contributed by atoms with Crippen LogP contribution in [0, 0.1) is 11.8 Å². The molecule has 4 aliphatic heterocycles. The van der Waals surface area contributed by atoms with E-state index in [1.54, 1.807) is 11.8 Å². The number of amides is 1. The van der Waals surface area contributed by atoms with Gasteiger partial charge in [-0.25, -0.2) is 0 Å². The molecule has 2 bridgehead atoms. The molecule has 3 atom stereocenters. The van der Waals surface area contributed by atoms with E-state index in [4.69, 9.17) is 0 Å². The van der Waals surface area contributed by atoms with Gasteiger partial charge in [0.15, 0.2) is 0 Å². The average molecular weight is 302 g/mol. The second-order valence-corrected chi connectivity index (χ2v) is 7.90. The van der Waals surface area contributed by atoms with E-state index < -0.39 is 0 Å². The molecule has 21 heavy (non-hydrogen) atoms. The van der Waals surface area contributed by atoms with Crippen LogP contribution in [0.3, 0.4) is 0 Å². The number of nitrogens with zero attached hydrogens (tertiary/aromatic N) is 1. The van der Waals surface area contributed by atoms with Gasteiger partial charge < -0.3 is 10.2 Å². The van der Waals surface area contributed by atoms with Crippen LogP contribution in [0.2, 0.25) is 0 Å². The molecule has 0 spiro atoms. The van der Waals surface area contributed by atoms with Crippen LogP contribution in [-0.2, 0) is 4.79 Å². The van der Waals surface area contributed by atoms with Crippen molar-refractivity contribution in [1.82, 2.24) is 10.2 Å². The Morgan fingerprint density at radius 3 is 2.86 bits per heavy atom. The topological polar surface area (TPSA) is 32.3 Å². The van der Waals surface area contributed by atoms with Crippen LogP contribution in [0.5, 0.6) is 0 Å².